The Balaban J connectivity index is 4.09. The SMILES string of the molecule is C=C(NNC(CC)C(C)(C)C)OC(C)(C)C. The topological polar surface area (TPSA) is 33.3 Å². The van der Waals surface area contributed by atoms with Crippen molar-refractivity contribution >= 4 is 0 Å². The van der Waals surface area contributed by atoms with Gasteiger partial charge in [-0.25, -0.2) is 5.43 Å². The molecular weight excluding hydrogens is 200 g/mol. The third kappa shape index (κ3) is 6.72. The summed E-state index contributed by atoms with van der Waals surface area (Å²) in [6.07, 6.45) is 1.05. The van der Waals surface area contributed by atoms with Gasteiger partial charge >= 0.3 is 0 Å². The third-order valence-electron chi connectivity index (χ3n) is 2.27. The van der Waals surface area contributed by atoms with Gasteiger partial charge in [0, 0.05) is 6.04 Å². The molecule has 0 aromatic carbocycles. The molecule has 0 aliphatic heterocycles. The van der Waals surface area contributed by atoms with Crippen LogP contribution in [0, 0.1) is 5.41 Å². The van der Waals surface area contributed by atoms with Gasteiger partial charge in [-0.15, -0.1) is 0 Å². The summed E-state index contributed by atoms with van der Waals surface area (Å²) in [5.74, 6) is 0.565. The average molecular weight is 228 g/mol. The molecule has 0 aromatic heterocycles. The predicted molar refractivity (Wildman–Crippen MR) is 69.8 cm³/mol. The van der Waals surface area contributed by atoms with Crippen molar-refractivity contribution in [2.24, 2.45) is 5.41 Å². The van der Waals surface area contributed by atoms with Crippen LogP contribution in [0.5, 0.6) is 0 Å². The van der Waals surface area contributed by atoms with Crippen molar-refractivity contribution < 1.29 is 4.74 Å². The van der Waals surface area contributed by atoms with Gasteiger partial charge in [0.2, 0.25) is 0 Å². The molecule has 0 saturated carbocycles. The molecule has 0 amide bonds. The second-order valence-electron chi connectivity index (χ2n) is 6.23. The van der Waals surface area contributed by atoms with E-state index in [0.717, 1.165) is 6.42 Å². The molecule has 3 heteroatoms. The molecule has 0 aliphatic carbocycles. The summed E-state index contributed by atoms with van der Waals surface area (Å²) < 4.78 is 5.58. The molecule has 0 aliphatic rings. The molecular formula is C13H28N2O. The highest BCUT2D eigenvalue weighted by Gasteiger charge is 2.23. The minimum atomic E-state index is -0.213. The summed E-state index contributed by atoms with van der Waals surface area (Å²) >= 11 is 0. The molecule has 96 valence electrons. The molecule has 0 radical (unpaired) electrons. The maximum absolute atomic E-state index is 5.58. The molecule has 0 spiro atoms. The summed E-state index contributed by atoms with van der Waals surface area (Å²) in [7, 11) is 0. The smallest absolute Gasteiger partial charge is 0.194 e. The third-order valence-corrected chi connectivity index (χ3v) is 2.27. The van der Waals surface area contributed by atoms with Gasteiger partial charge in [-0.1, -0.05) is 27.7 Å². The second-order valence-corrected chi connectivity index (χ2v) is 6.23. The van der Waals surface area contributed by atoms with Crippen molar-refractivity contribution in [3.63, 3.8) is 0 Å². The van der Waals surface area contributed by atoms with Crippen LogP contribution in [0.25, 0.3) is 0 Å². The number of hydrogen-bond donors (Lipinski definition) is 2. The molecule has 2 N–H and O–H groups in total. The Morgan fingerprint density at radius 3 is 2.00 bits per heavy atom. The van der Waals surface area contributed by atoms with E-state index in [1.54, 1.807) is 0 Å². The van der Waals surface area contributed by atoms with E-state index in [-0.39, 0.29) is 11.0 Å². The lowest BCUT2D eigenvalue weighted by atomic mass is 9.86. The average Bonchev–Trinajstić information content (AvgIpc) is 1.98. The van der Waals surface area contributed by atoms with Crippen molar-refractivity contribution in [1.29, 1.82) is 0 Å². The molecule has 1 atom stereocenters. The minimum absolute atomic E-state index is 0.212. The van der Waals surface area contributed by atoms with E-state index < -0.39 is 0 Å². The van der Waals surface area contributed by atoms with E-state index in [0.29, 0.717) is 11.9 Å². The van der Waals surface area contributed by atoms with E-state index in [1.807, 2.05) is 20.8 Å². The van der Waals surface area contributed by atoms with Crippen LogP contribution in [-0.2, 0) is 4.74 Å². The number of ether oxygens (including phenoxy) is 1. The van der Waals surface area contributed by atoms with Crippen LogP contribution in [0.4, 0.5) is 0 Å². The predicted octanol–water partition coefficient (Wildman–Crippen LogP) is 3.19. The lowest BCUT2D eigenvalue weighted by Gasteiger charge is -2.32. The van der Waals surface area contributed by atoms with Crippen molar-refractivity contribution in [1.82, 2.24) is 10.9 Å². The van der Waals surface area contributed by atoms with Gasteiger partial charge in [-0.2, -0.15) is 0 Å². The summed E-state index contributed by atoms with van der Waals surface area (Å²) in [6, 6.07) is 0.382. The first kappa shape index (κ1) is 15.3. The van der Waals surface area contributed by atoms with Crippen molar-refractivity contribution in [3.8, 4) is 0 Å². The molecule has 0 aromatic rings. The van der Waals surface area contributed by atoms with E-state index >= 15 is 0 Å². The Morgan fingerprint density at radius 1 is 1.19 bits per heavy atom. The molecule has 3 nitrogen and oxygen atoms in total. The van der Waals surface area contributed by atoms with Crippen molar-refractivity contribution in [2.45, 2.75) is 66.5 Å². The van der Waals surface area contributed by atoms with Crippen LogP contribution >= 0.6 is 0 Å². The molecule has 1 unspecified atom stereocenters. The van der Waals surface area contributed by atoms with Gasteiger partial charge in [0.05, 0.1) is 0 Å². The molecule has 0 heterocycles. The molecule has 16 heavy (non-hydrogen) atoms. The molecule has 0 bridgehead atoms. The monoisotopic (exact) mass is 228 g/mol. The first-order valence-corrected chi connectivity index (χ1v) is 5.95. The van der Waals surface area contributed by atoms with Crippen LogP contribution in [-0.4, -0.2) is 11.6 Å². The Hall–Kier alpha value is -0.700. The standard InChI is InChI=1S/C13H28N2O/c1-9-11(12(3,4)5)15-14-10(2)16-13(6,7)8/h11,14-15H,2,9H2,1,3-8H3. The highest BCUT2D eigenvalue weighted by Crippen LogP contribution is 2.21. The van der Waals surface area contributed by atoms with Gasteiger partial charge in [0.25, 0.3) is 0 Å². The first-order valence-electron chi connectivity index (χ1n) is 5.95. The number of nitrogens with one attached hydrogen (secondary N) is 2. The Kier molecular flexibility index (Phi) is 5.33. The van der Waals surface area contributed by atoms with E-state index in [9.17, 15) is 0 Å². The van der Waals surface area contributed by atoms with Crippen molar-refractivity contribution in [2.75, 3.05) is 0 Å². The normalized spacial score (nSPS) is 14.4. The Morgan fingerprint density at radius 2 is 1.69 bits per heavy atom. The van der Waals surface area contributed by atoms with Gasteiger partial charge in [-0.05, 0) is 39.2 Å². The summed E-state index contributed by atoms with van der Waals surface area (Å²) in [4.78, 5) is 0. The lowest BCUT2D eigenvalue weighted by Crippen LogP contribution is -2.47. The maximum Gasteiger partial charge on any atom is 0.194 e. The van der Waals surface area contributed by atoms with Gasteiger partial charge < -0.3 is 4.74 Å². The lowest BCUT2D eigenvalue weighted by molar-refractivity contribution is 0.0338. The van der Waals surface area contributed by atoms with Crippen LogP contribution in [0.2, 0.25) is 0 Å². The zero-order chi connectivity index (χ0) is 13.0. The molecule has 0 fully saturated rings. The van der Waals surface area contributed by atoms with E-state index in [4.69, 9.17) is 4.74 Å². The second kappa shape index (κ2) is 5.58. The zero-order valence-corrected chi connectivity index (χ0v) is 11.9. The van der Waals surface area contributed by atoms with Gasteiger partial charge in [0.15, 0.2) is 5.88 Å². The fourth-order valence-corrected chi connectivity index (χ4v) is 1.49. The van der Waals surface area contributed by atoms with Crippen LogP contribution in [0.1, 0.15) is 54.9 Å². The van der Waals surface area contributed by atoms with Crippen LogP contribution < -0.4 is 10.9 Å². The summed E-state index contributed by atoms with van der Waals surface area (Å²) in [5, 5.41) is 0. The van der Waals surface area contributed by atoms with Crippen molar-refractivity contribution in [3.05, 3.63) is 12.5 Å². The highest BCUT2D eigenvalue weighted by molar-refractivity contribution is 4.84. The maximum atomic E-state index is 5.58. The zero-order valence-electron chi connectivity index (χ0n) is 11.9. The fraction of sp³-hybridized carbons (Fsp3) is 0.846. The fourth-order valence-electron chi connectivity index (χ4n) is 1.49. The quantitative estimate of drug-likeness (QED) is 0.560. The highest BCUT2D eigenvalue weighted by atomic mass is 16.5. The summed E-state index contributed by atoms with van der Waals surface area (Å²) in [6.45, 7) is 18.6. The van der Waals surface area contributed by atoms with E-state index in [2.05, 4.69) is 45.1 Å². The van der Waals surface area contributed by atoms with Crippen LogP contribution in [0.15, 0.2) is 12.5 Å². The van der Waals surface area contributed by atoms with E-state index in [1.165, 1.54) is 0 Å². The Bertz CT molecular complexity index is 223. The van der Waals surface area contributed by atoms with Crippen LogP contribution in [0.3, 0.4) is 0 Å². The largest absolute Gasteiger partial charge is 0.473 e. The number of rotatable bonds is 5. The Labute approximate surface area is 101 Å². The van der Waals surface area contributed by atoms with Gasteiger partial charge in [-0.3, -0.25) is 5.43 Å². The number of hydrazine groups is 1. The molecule has 0 saturated heterocycles. The first-order chi connectivity index (χ1) is 7.06. The molecule has 0 rings (SSSR count). The number of hydrogen-bond acceptors (Lipinski definition) is 3. The summed E-state index contributed by atoms with van der Waals surface area (Å²) in [5.41, 5.74) is 6.29. The van der Waals surface area contributed by atoms with Gasteiger partial charge in [0.1, 0.15) is 5.60 Å². The minimum Gasteiger partial charge on any atom is -0.473 e.